The Hall–Kier alpha value is -1.62. The van der Waals surface area contributed by atoms with E-state index in [9.17, 15) is 0 Å². The summed E-state index contributed by atoms with van der Waals surface area (Å²) in [5, 5.41) is 1.77. The summed E-state index contributed by atoms with van der Waals surface area (Å²) in [6.45, 7) is 0.990. The molecule has 0 saturated carbocycles. The molecule has 0 bridgehead atoms. The quantitative estimate of drug-likeness (QED) is 0.793. The van der Waals surface area contributed by atoms with Crippen LogP contribution in [-0.4, -0.2) is 4.98 Å². The Morgan fingerprint density at radius 3 is 2.90 bits per heavy atom. The maximum Gasteiger partial charge on any atom is 0.139 e. The van der Waals surface area contributed by atoms with Gasteiger partial charge in [0.1, 0.15) is 12.4 Å². The van der Waals surface area contributed by atoms with Crippen LogP contribution in [0.25, 0.3) is 10.1 Å². The number of nitrogens with zero attached hydrogens (tertiary/aromatic N) is 1. The van der Waals surface area contributed by atoms with Crippen molar-refractivity contribution >= 4 is 33.0 Å². The normalized spacial score (nSPS) is 10.9. The molecular weight excluding hydrogens is 292 g/mol. The molecule has 0 unspecified atom stereocenters. The Bertz CT molecular complexity index is 742. The van der Waals surface area contributed by atoms with E-state index in [2.05, 4.69) is 17.1 Å². The minimum Gasteiger partial charge on any atom is -0.487 e. The lowest BCUT2D eigenvalue weighted by atomic mass is 10.1. The smallest absolute Gasteiger partial charge is 0.139 e. The lowest BCUT2D eigenvalue weighted by molar-refractivity contribution is 0.306. The van der Waals surface area contributed by atoms with Gasteiger partial charge in [0, 0.05) is 33.9 Å². The third-order valence-electron chi connectivity index (χ3n) is 3.03. The molecule has 3 rings (SSSR count). The zero-order valence-corrected chi connectivity index (χ0v) is 12.2. The van der Waals surface area contributed by atoms with Gasteiger partial charge in [-0.15, -0.1) is 11.3 Å². The monoisotopic (exact) mass is 304 g/mol. The van der Waals surface area contributed by atoms with Crippen LogP contribution >= 0.6 is 22.9 Å². The number of hydrogen-bond acceptors (Lipinski definition) is 4. The van der Waals surface area contributed by atoms with Gasteiger partial charge < -0.3 is 10.5 Å². The van der Waals surface area contributed by atoms with E-state index in [1.807, 2.05) is 12.1 Å². The van der Waals surface area contributed by atoms with Crippen LogP contribution in [0.5, 0.6) is 5.75 Å². The SMILES string of the molecule is NCc1sc2ccccc2c1COc1cncc(Cl)c1. The molecule has 2 heterocycles. The second-order valence-electron chi connectivity index (χ2n) is 4.33. The molecule has 0 aliphatic rings. The molecule has 0 fully saturated rings. The minimum absolute atomic E-state index is 0.471. The highest BCUT2D eigenvalue weighted by molar-refractivity contribution is 7.19. The van der Waals surface area contributed by atoms with Crippen molar-refractivity contribution in [1.29, 1.82) is 0 Å². The number of aromatic nitrogens is 1. The molecule has 102 valence electrons. The first-order chi connectivity index (χ1) is 9.78. The summed E-state index contributed by atoms with van der Waals surface area (Å²) in [7, 11) is 0. The topological polar surface area (TPSA) is 48.1 Å². The summed E-state index contributed by atoms with van der Waals surface area (Å²) in [6, 6.07) is 10.0. The van der Waals surface area contributed by atoms with E-state index >= 15 is 0 Å². The summed E-state index contributed by atoms with van der Waals surface area (Å²) in [6.07, 6.45) is 3.24. The van der Waals surface area contributed by atoms with Gasteiger partial charge in [0.25, 0.3) is 0 Å². The fourth-order valence-electron chi connectivity index (χ4n) is 2.10. The predicted molar refractivity (Wildman–Crippen MR) is 83.3 cm³/mol. The lowest BCUT2D eigenvalue weighted by Crippen LogP contribution is -2.01. The summed E-state index contributed by atoms with van der Waals surface area (Å²) < 4.78 is 7.02. The van der Waals surface area contributed by atoms with Gasteiger partial charge in [-0.25, -0.2) is 0 Å². The van der Waals surface area contributed by atoms with Crippen molar-refractivity contribution in [2.75, 3.05) is 0 Å². The molecule has 0 amide bonds. The second kappa shape index (κ2) is 5.79. The first-order valence-electron chi connectivity index (χ1n) is 6.20. The zero-order chi connectivity index (χ0) is 13.9. The Balaban J connectivity index is 1.90. The Morgan fingerprint density at radius 2 is 2.10 bits per heavy atom. The van der Waals surface area contributed by atoms with E-state index in [4.69, 9.17) is 22.1 Å². The maximum atomic E-state index is 5.90. The van der Waals surface area contributed by atoms with Gasteiger partial charge in [0.05, 0.1) is 11.2 Å². The van der Waals surface area contributed by atoms with Crippen LogP contribution in [0, 0.1) is 0 Å². The second-order valence-corrected chi connectivity index (χ2v) is 5.90. The summed E-state index contributed by atoms with van der Waals surface area (Å²) in [4.78, 5) is 5.16. The first kappa shape index (κ1) is 13.4. The highest BCUT2D eigenvalue weighted by Gasteiger charge is 2.11. The van der Waals surface area contributed by atoms with Crippen LogP contribution in [0.1, 0.15) is 10.4 Å². The van der Waals surface area contributed by atoms with Gasteiger partial charge in [-0.3, -0.25) is 4.98 Å². The number of ether oxygens (including phenoxy) is 1. The van der Waals surface area contributed by atoms with Gasteiger partial charge in [0.15, 0.2) is 0 Å². The van der Waals surface area contributed by atoms with Crippen LogP contribution in [0.4, 0.5) is 0 Å². The molecule has 5 heteroatoms. The first-order valence-corrected chi connectivity index (χ1v) is 7.40. The van der Waals surface area contributed by atoms with Crippen LogP contribution in [-0.2, 0) is 13.2 Å². The van der Waals surface area contributed by atoms with Gasteiger partial charge >= 0.3 is 0 Å². The van der Waals surface area contributed by atoms with Crippen LogP contribution < -0.4 is 10.5 Å². The van der Waals surface area contributed by atoms with Crippen molar-refractivity contribution in [2.24, 2.45) is 5.73 Å². The zero-order valence-electron chi connectivity index (χ0n) is 10.7. The highest BCUT2D eigenvalue weighted by atomic mass is 35.5. The molecule has 0 atom stereocenters. The molecule has 0 spiro atoms. The van der Waals surface area contributed by atoms with Gasteiger partial charge in [-0.1, -0.05) is 29.8 Å². The average Bonchev–Trinajstić information content (AvgIpc) is 2.83. The van der Waals surface area contributed by atoms with E-state index in [1.54, 1.807) is 29.8 Å². The Kier molecular flexibility index (Phi) is 3.87. The molecule has 20 heavy (non-hydrogen) atoms. The van der Waals surface area contributed by atoms with E-state index in [1.165, 1.54) is 10.1 Å². The molecule has 1 aromatic carbocycles. The fourth-order valence-corrected chi connectivity index (χ4v) is 3.35. The number of fused-ring (bicyclic) bond motifs is 1. The predicted octanol–water partition coefficient (Wildman–Crippen LogP) is 3.99. The molecular formula is C15H13ClN2OS. The fraction of sp³-hybridized carbons (Fsp3) is 0.133. The molecule has 0 radical (unpaired) electrons. The van der Waals surface area contributed by atoms with E-state index in [0.29, 0.717) is 23.9 Å². The number of hydrogen-bond donors (Lipinski definition) is 1. The Morgan fingerprint density at radius 1 is 1.25 bits per heavy atom. The van der Waals surface area contributed by atoms with Crippen molar-refractivity contribution in [1.82, 2.24) is 4.98 Å². The molecule has 2 N–H and O–H groups in total. The summed E-state index contributed by atoms with van der Waals surface area (Å²) >= 11 is 7.61. The number of benzene rings is 1. The van der Waals surface area contributed by atoms with Crippen LogP contribution in [0.2, 0.25) is 5.02 Å². The number of rotatable bonds is 4. The molecule has 2 aromatic heterocycles. The molecule has 0 saturated heterocycles. The number of thiophene rings is 1. The van der Waals surface area contributed by atoms with Crippen molar-refractivity contribution in [2.45, 2.75) is 13.2 Å². The van der Waals surface area contributed by atoms with Gasteiger partial charge in [-0.05, 0) is 11.5 Å². The Labute approximate surface area is 126 Å². The van der Waals surface area contributed by atoms with Crippen molar-refractivity contribution in [3.8, 4) is 5.75 Å². The molecule has 0 aliphatic heterocycles. The largest absolute Gasteiger partial charge is 0.487 e. The van der Waals surface area contributed by atoms with Crippen molar-refractivity contribution < 1.29 is 4.74 Å². The molecule has 0 aliphatic carbocycles. The van der Waals surface area contributed by atoms with E-state index in [0.717, 1.165) is 10.4 Å². The maximum absolute atomic E-state index is 5.90. The number of halogens is 1. The van der Waals surface area contributed by atoms with Crippen molar-refractivity contribution in [3.05, 3.63) is 58.2 Å². The number of pyridine rings is 1. The third-order valence-corrected chi connectivity index (χ3v) is 4.47. The summed E-state index contributed by atoms with van der Waals surface area (Å²) in [5.41, 5.74) is 6.98. The third kappa shape index (κ3) is 2.63. The van der Waals surface area contributed by atoms with E-state index in [-0.39, 0.29) is 0 Å². The van der Waals surface area contributed by atoms with Gasteiger partial charge in [0.2, 0.25) is 0 Å². The minimum atomic E-state index is 0.471. The van der Waals surface area contributed by atoms with Crippen LogP contribution in [0.15, 0.2) is 42.7 Å². The van der Waals surface area contributed by atoms with Gasteiger partial charge in [-0.2, -0.15) is 0 Å². The van der Waals surface area contributed by atoms with Crippen molar-refractivity contribution in [3.63, 3.8) is 0 Å². The average molecular weight is 305 g/mol. The highest BCUT2D eigenvalue weighted by Crippen LogP contribution is 2.32. The molecule has 3 nitrogen and oxygen atoms in total. The van der Waals surface area contributed by atoms with Crippen LogP contribution in [0.3, 0.4) is 0 Å². The van der Waals surface area contributed by atoms with E-state index < -0.39 is 0 Å². The molecule has 3 aromatic rings. The standard InChI is InChI=1S/C15H13ClN2OS/c16-10-5-11(8-18-7-10)19-9-13-12-3-1-2-4-14(12)20-15(13)6-17/h1-5,7-8H,6,9,17H2. The lowest BCUT2D eigenvalue weighted by Gasteiger charge is -2.07. The summed E-state index contributed by atoms with van der Waals surface area (Å²) in [5.74, 6) is 0.663. The number of nitrogens with two attached hydrogens (primary N) is 1.